The number of ether oxygens (including phenoxy) is 1. The van der Waals surface area contributed by atoms with Crippen molar-refractivity contribution in [1.29, 1.82) is 0 Å². The van der Waals surface area contributed by atoms with Gasteiger partial charge in [-0.3, -0.25) is 14.6 Å². The van der Waals surface area contributed by atoms with Crippen molar-refractivity contribution >= 4 is 11.8 Å². The maximum absolute atomic E-state index is 13.3. The van der Waals surface area contributed by atoms with E-state index < -0.39 is 0 Å². The fraction of sp³-hybridized carbons (Fsp3) is 0.536. The fourth-order valence-electron chi connectivity index (χ4n) is 5.79. The Hall–Kier alpha value is -2.77. The SMILES string of the molecule is O=C(N[C@@H](CCN1CCC2(CC1)CCN(Cc1cccnc1)C2=O)c1ccccc1)[C@H]1CCCO1. The van der Waals surface area contributed by atoms with Gasteiger partial charge in [0.2, 0.25) is 11.8 Å². The lowest BCUT2D eigenvalue weighted by atomic mass is 9.77. The van der Waals surface area contributed by atoms with Crippen LogP contribution < -0.4 is 5.32 Å². The summed E-state index contributed by atoms with van der Waals surface area (Å²) in [6.45, 7) is 4.90. The molecule has 1 N–H and O–H groups in total. The molecule has 0 radical (unpaired) electrons. The van der Waals surface area contributed by atoms with Crippen molar-refractivity contribution in [2.75, 3.05) is 32.8 Å². The van der Waals surface area contributed by atoms with E-state index >= 15 is 0 Å². The third-order valence-corrected chi connectivity index (χ3v) is 7.99. The van der Waals surface area contributed by atoms with Crippen LogP contribution in [0.3, 0.4) is 0 Å². The topological polar surface area (TPSA) is 74.8 Å². The first-order chi connectivity index (χ1) is 17.1. The molecule has 7 heteroatoms. The molecular formula is C28H36N4O3. The van der Waals surface area contributed by atoms with Crippen molar-refractivity contribution in [1.82, 2.24) is 20.1 Å². The Morgan fingerprint density at radius 2 is 1.91 bits per heavy atom. The molecule has 3 aliphatic rings. The Kier molecular flexibility index (Phi) is 7.44. The molecule has 3 fully saturated rings. The lowest BCUT2D eigenvalue weighted by Crippen LogP contribution is -2.45. The van der Waals surface area contributed by atoms with Gasteiger partial charge in [0.05, 0.1) is 11.5 Å². The van der Waals surface area contributed by atoms with Crippen LogP contribution in [0.5, 0.6) is 0 Å². The zero-order chi connectivity index (χ0) is 24.1. The smallest absolute Gasteiger partial charge is 0.249 e. The first kappa shape index (κ1) is 23.9. The van der Waals surface area contributed by atoms with Crippen LogP contribution in [0.1, 0.15) is 55.7 Å². The monoisotopic (exact) mass is 476 g/mol. The molecule has 0 aliphatic carbocycles. The van der Waals surface area contributed by atoms with Gasteiger partial charge in [0.1, 0.15) is 6.10 Å². The second-order valence-electron chi connectivity index (χ2n) is 10.2. The highest BCUT2D eigenvalue weighted by Gasteiger charge is 2.47. The minimum atomic E-state index is -0.320. The van der Waals surface area contributed by atoms with E-state index in [4.69, 9.17) is 4.74 Å². The number of carbonyl (C=O) groups is 2. The van der Waals surface area contributed by atoms with Crippen LogP contribution in [-0.4, -0.2) is 65.5 Å². The minimum Gasteiger partial charge on any atom is -0.368 e. The summed E-state index contributed by atoms with van der Waals surface area (Å²) in [5, 5.41) is 3.24. The molecule has 0 unspecified atom stereocenters. The van der Waals surface area contributed by atoms with Crippen LogP contribution >= 0.6 is 0 Å². The molecule has 1 spiro atoms. The standard InChI is InChI=1S/C28H36N4O3/c33-26(25-9-5-19-35-25)30-24(23-7-2-1-3-8-23)10-15-31-16-11-28(12-17-31)13-18-32(27(28)34)21-22-6-4-14-29-20-22/h1-4,6-8,14,20,24-25H,5,9-13,15-19,21H2,(H,30,33)/t24-,25+/m0/s1. The van der Waals surface area contributed by atoms with Crippen molar-refractivity contribution in [3.05, 3.63) is 66.0 Å². The van der Waals surface area contributed by atoms with E-state index in [9.17, 15) is 9.59 Å². The van der Waals surface area contributed by atoms with E-state index in [-0.39, 0.29) is 23.5 Å². The summed E-state index contributed by atoms with van der Waals surface area (Å²) in [4.78, 5) is 34.7. The van der Waals surface area contributed by atoms with Crippen molar-refractivity contribution < 1.29 is 14.3 Å². The number of pyridine rings is 1. The Morgan fingerprint density at radius 3 is 2.63 bits per heavy atom. The number of nitrogens with one attached hydrogen (secondary N) is 1. The van der Waals surface area contributed by atoms with Crippen LogP contribution in [0.2, 0.25) is 0 Å². The normalized spacial score (nSPS) is 23.0. The molecule has 186 valence electrons. The summed E-state index contributed by atoms with van der Waals surface area (Å²) < 4.78 is 5.59. The predicted octanol–water partition coefficient (Wildman–Crippen LogP) is 3.32. The predicted molar refractivity (Wildman–Crippen MR) is 133 cm³/mol. The average Bonchev–Trinajstić information content (AvgIpc) is 3.54. The molecule has 2 amide bonds. The van der Waals surface area contributed by atoms with E-state index in [1.807, 2.05) is 41.4 Å². The van der Waals surface area contributed by atoms with Gasteiger partial charge in [0.25, 0.3) is 0 Å². The van der Waals surface area contributed by atoms with E-state index in [1.54, 1.807) is 6.20 Å². The number of amides is 2. The molecule has 2 atom stereocenters. The molecule has 3 saturated heterocycles. The molecule has 1 aromatic heterocycles. The zero-order valence-electron chi connectivity index (χ0n) is 20.4. The first-order valence-electron chi connectivity index (χ1n) is 13.0. The molecule has 35 heavy (non-hydrogen) atoms. The van der Waals surface area contributed by atoms with Gasteiger partial charge in [-0.25, -0.2) is 0 Å². The first-order valence-corrected chi connectivity index (χ1v) is 13.0. The minimum absolute atomic E-state index is 0.000732. The molecule has 2 aromatic rings. The lowest BCUT2D eigenvalue weighted by molar-refractivity contribution is -0.139. The van der Waals surface area contributed by atoms with Gasteiger partial charge >= 0.3 is 0 Å². The number of carbonyl (C=O) groups excluding carboxylic acids is 2. The van der Waals surface area contributed by atoms with Gasteiger partial charge in [-0.15, -0.1) is 0 Å². The second-order valence-corrected chi connectivity index (χ2v) is 10.2. The Morgan fingerprint density at radius 1 is 1.11 bits per heavy atom. The quantitative estimate of drug-likeness (QED) is 0.633. The second kappa shape index (κ2) is 10.9. The molecule has 0 bridgehead atoms. The molecule has 1 aromatic carbocycles. The van der Waals surface area contributed by atoms with Crippen LogP contribution in [0.25, 0.3) is 0 Å². The van der Waals surface area contributed by atoms with Crippen LogP contribution in [0.15, 0.2) is 54.9 Å². The summed E-state index contributed by atoms with van der Waals surface area (Å²) >= 11 is 0. The number of nitrogens with zero attached hydrogens (tertiary/aromatic N) is 3. The summed E-state index contributed by atoms with van der Waals surface area (Å²) in [5.74, 6) is 0.311. The summed E-state index contributed by atoms with van der Waals surface area (Å²) in [5.41, 5.74) is 2.02. The number of rotatable bonds is 8. The molecule has 4 heterocycles. The highest BCUT2D eigenvalue weighted by molar-refractivity contribution is 5.85. The molecular weight excluding hydrogens is 440 g/mol. The number of likely N-dealkylation sites (tertiary alicyclic amines) is 2. The number of hydrogen-bond acceptors (Lipinski definition) is 5. The summed E-state index contributed by atoms with van der Waals surface area (Å²) in [6.07, 6.45) is 8.65. The maximum atomic E-state index is 13.3. The van der Waals surface area contributed by atoms with E-state index in [0.717, 1.165) is 75.8 Å². The van der Waals surface area contributed by atoms with Gasteiger partial charge in [0, 0.05) is 38.6 Å². The summed E-state index contributed by atoms with van der Waals surface area (Å²) in [7, 11) is 0. The van der Waals surface area contributed by atoms with Crippen LogP contribution in [0.4, 0.5) is 0 Å². The average molecular weight is 477 g/mol. The van der Waals surface area contributed by atoms with E-state index in [2.05, 4.69) is 27.3 Å². The van der Waals surface area contributed by atoms with Gasteiger partial charge in [-0.1, -0.05) is 36.4 Å². The molecule has 3 aliphatic heterocycles. The van der Waals surface area contributed by atoms with Crippen molar-refractivity contribution in [2.45, 2.75) is 57.2 Å². The number of benzene rings is 1. The molecule has 5 rings (SSSR count). The lowest BCUT2D eigenvalue weighted by Gasteiger charge is -2.38. The summed E-state index contributed by atoms with van der Waals surface area (Å²) in [6, 6.07) is 14.1. The Balaban J connectivity index is 1.15. The number of hydrogen-bond donors (Lipinski definition) is 1. The van der Waals surface area contributed by atoms with Crippen molar-refractivity contribution in [2.24, 2.45) is 5.41 Å². The highest BCUT2D eigenvalue weighted by Crippen LogP contribution is 2.42. The van der Waals surface area contributed by atoms with Gasteiger partial charge < -0.3 is 19.9 Å². The third-order valence-electron chi connectivity index (χ3n) is 7.99. The van der Waals surface area contributed by atoms with Crippen molar-refractivity contribution in [3.63, 3.8) is 0 Å². The Labute approximate surface area is 207 Å². The van der Waals surface area contributed by atoms with Crippen LogP contribution in [-0.2, 0) is 20.9 Å². The fourth-order valence-corrected chi connectivity index (χ4v) is 5.79. The van der Waals surface area contributed by atoms with Gasteiger partial charge in [-0.2, -0.15) is 0 Å². The van der Waals surface area contributed by atoms with E-state index in [0.29, 0.717) is 19.1 Å². The zero-order valence-corrected chi connectivity index (χ0v) is 20.4. The van der Waals surface area contributed by atoms with E-state index in [1.165, 1.54) is 0 Å². The van der Waals surface area contributed by atoms with Gasteiger partial charge in [-0.05, 0) is 68.8 Å². The van der Waals surface area contributed by atoms with Gasteiger partial charge in [0.15, 0.2) is 0 Å². The maximum Gasteiger partial charge on any atom is 0.249 e. The van der Waals surface area contributed by atoms with Crippen LogP contribution in [0, 0.1) is 5.41 Å². The third kappa shape index (κ3) is 5.57. The number of piperidine rings is 1. The largest absolute Gasteiger partial charge is 0.368 e. The molecule has 7 nitrogen and oxygen atoms in total. The Bertz CT molecular complexity index is 986. The highest BCUT2D eigenvalue weighted by atomic mass is 16.5. The number of aromatic nitrogens is 1. The molecule has 0 saturated carbocycles. The van der Waals surface area contributed by atoms with Crippen molar-refractivity contribution in [3.8, 4) is 0 Å².